The molecule has 1 saturated heterocycles. The molecule has 1 aromatic carbocycles. The Hall–Kier alpha value is -2.02. The van der Waals surface area contributed by atoms with Crippen LogP contribution in [0, 0.1) is 11.3 Å². The van der Waals surface area contributed by atoms with Gasteiger partial charge in [0.25, 0.3) is 0 Å². The van der Waals surface area contributed by atoms with Crippen LogP contribution < -0.4 is 0 Å². The van der Waals surface area contributed by atoms with Gasteiger partial charge < -0.3 is 4.74 Å². The van der Waals surface area contributed by atoms with E-state index in [2.05, 4.69) is 6.07 Å². The molecule has 1 amide bonds. The summed E-state index contributed by atoms with van der Waals surface area (Å²) in [5.41, 5.74) is 0.849. The molecule has 2 atom stereocenters. The van der Waals surface area contributed by atoms with E-state index in [9.17, 15) is 4.79 Å². The van der Waals surface area contributed by atoms with Gasteiger partial charge in [-0.2, -0.15) is 5.26 Å². The largest absolute Gasteiger partial charge is 0.438 e. The van der Waals surface area contributed by atoms with E-state index in [4.69, 9.17) is 10.00 Å². The summed E-state index contributed by atoms with van der Waals surface area (Å²) >= 11 is 0. The molecule has 1 aliphatic heterocycles. The summed E-state index contributed by atoms with van der Waals surface area (Å²) in [5, 5.41) is 8.96. The molecule has 0 N–H and O–H groups in total. The number of nitrogens with zero attached hydrogens (tertiary/aromatic N) is 2. The maximum Gasteiger partial charge on any atom is 0.411 e. The number of hydrogen-bond donors (Lipinski definition) is 0. The highest BCUT2D eigenvalue weighted by Crippen LogP contribution is 2.30. The molecular formula is C11H10N2O2. The maximum atomic E-state index is 11.3. The Kier molecular flexibility index (Phi) is 2.30. The zero-order chi connectivity index (χ0) is 10.8. The first-order valence-corrected chi connectivity index (χ1v) is 4.62. The number of hydrogen-bond acceptors (Lipinski definition) is 3. The second kappa shape index (κ2) is 3.62. The van der Waals surface area contributed by atoms with Crippen molar-refractivity contribution in [2.75, 3.05) is 7.05 Å². The minimum atomic E-state index is -0.542. The Morgan fingerprint density at radius 3 is 2.67 bits per heavy atom. The first-order valence-electron chi connectivity index (χ1n) is 4.62. The van der Waals surface area contributed by atoms with Crippen LogP contribution in [0.5, 0.6) is 0 Å². The Morgan fingerprint density at radius 2 is 2.07 bits per heavy atom. The van der Waals surface area contributed by atoms with Crippen LogP contribution in [0.3, 0.4) is 0 Å². The molecule has 1 heterocycles. The molecule has 1 fully saturated rings. The highest BCUT2D eigenvalue weighted by Gasteiger charge is 2.40. The van der Waals surface area contributed by atoms with Crippen LogP contribution in [-0.2, 0) is 4.74 Å². The van der Waals surface area contributed by atoms with Gasteiger partial charge in [-0.25, -0.2) is 4.79 Å². The molecule has 4 heteroatoms. The molecule has 0 aliphatic carbocycles. The topological polar surface area (TPSA) is 53.3 Å². The lowest BCUT2D eigenvalue weighted by atomic mass is 10.0. The standard InChI is InChI=1S/C11H10N2O2/c1-13-9(7-12)10(15-11(13)14)8-5-3-2-4-6-8/h2-6,9-10H,1H3. The Labute approximate surface area is 87.7 Å². The Bertz CT molecular complexity index is 410. The van der Waals surface area contributed by atoms with Gasteiger partial charge in [0.2, 0.25) is 0 Å². The van der Waals surface area contributed by atoms with Gasteiger partial charge in [-0.3, -0.25) is 4.90 Å². The first-order chi connectivity index (χ1) is 7.24. The zero-order valence-electron chi connectivity index (χ0n) is 8.25. The Balaban J connectivity index is 2.32. The smallest absolute Gasteiger partial charge is 0.411 e. The van der Waals surface area contributed by atoms with E-state index < -0.39 is 18.2 Å². The van der Waals surface area contributed by atoms with E-state index in [0.717, 1.165) is 5.56 Å². The molecule has 2 rings (SSSR count). The summed E-state index contributed by atoms with van der Waals surface area (Å²) in [4.78, 5) is 12.6. The third kappa shape index (κ3) is 1.52. The van der Waals surface area contributed by atoms with E-state index in [1.807, 2.05) is 30.3 Å². The summed E-state index contributed by atoms with van der Waals surface area (Å²) < 4.78 is 5.13. The fraction of sp³-hybridized carbons (Fsp3) is 0.273. The average Bonchev–Trinajstić information content (AvgIpc) is 2.56. The predicted octanol–water partition coefficient (Wildman–Crippen LogP) is 1.70. The van der Waals surface area contributed by atoms with Gasteiger partial charge >= 0.3 is 6.09 Å². The van der Waals surface area contributed by atoms with Gasteiger partial charge in [0.15, 0.2) is 12.1 Å². The van der Waals surface area contributed by atoms with Crippen LogP contribution >= 0.6 is 0 Å². The van der Waals surface area contributed by atoms with Gasteiger partial charge in [-0.15, -0.1) is 0 Å². The molecule has 2 unspecified atom stereocenters. The minimum absolute atomic E-state index is 0.449. The molecule has 15 heavy (non-hydrogen) atoms. The molecule has 0 saturated carbocycles. The van der Waals surface area contributed by atoms with Crippen molar-refractivity contribution in [3.05, 3.63) is 35.9 Å². The van der Waals surface area contributed by atoms with Gasteiger partial charge in [0, 0.05) is 7.05 Å². The van der Waals surface area contributed by atoms with Crippen LogP contribution in [0.4, 0.5) is 4.79 Å². The molecule has 0 spiro atoms. The molecule has 1 aliphatic rings. The molecule has 0 bridgehead atoms. The molecule has 0 radical (unpaired) electrons. The number of ether oxygens (including phenoxy) is 1. The van der Waals surface area contributed by atoms with Gasteiger partial charge in [0.1, 0.15) is 0 Å². The lowest BCUT2D eigenvalue weighted by Gasteiger charge is -2.13. The van der Waals surface area contributed by atoms with Crippen molar-refractivity contribution >= 4 is 6.09 Å². The fourth-order valence-electron chi connectivity index (χ4n) is 1.62. The second-order valence-electron chi connectivity index (χ2n) is 3.40. The summed E-state index contributed by atoms with van der Waals surface area (Å²) in [6.07, 6.45) is -0.927. The number of carbonyl (C=O) groups excluding carboxylic acids is 1. The lowest BCUT2D eigenvalue weighted by molar-refractivity contribution is 0.133. The number of benzene rings is 1. The van der Waals surface area contributed by atoms with Crippen molar-refractivity contribution in [1.29, 1.82) is 5.26 Å². The van der Waals surface area contributed by atoms with Crippen molar-refractivity contribution in [3.8, 4) is 6.07 Å². The summed E-state index contributed by atoms with van der Waals surface area (Å²) in [6, 6.07) is 10.8. The third-order valence-electron chi connectivity index (χ3n) is 2.48. The highest BCUT2D eigenvalue weighted by molar-refractivity contribution is 5.71. The number of likely N-dealkylation sites (N-methyl/N-ethyl adjacent to an activating group) is 1. The fourth-order valence-corrected chi connectivity index (χ4v) is 1.62. The van der Waals surface area contributed by atoms with Crippen molar-refractivity contribution in [2.24, 2.45) is 0 Å². The second-order valence-corrected chi connectivity index (χ2v) is 3.40. The van der Waals surface area contributed by atoms with Crippen LogP contribution in [0.25, 0.3) is 0 Å². The highest BCUT2D eigenvalue weighted by atomic mass is 16.6. The van der Waals surface area contributed by atoms with Gasteiger partial charge in [-0.1, -0.05) is 30.3 Å². The normalized spacial score (nSPS) is 24.8. The van der Waals surface area contributed by atoms with E-state index in [1.54, 1.807) is 7.05 Å². The minimum Gasteiger partial charge on any atom is -0.438 e. The van der Waals surface area contributed by atoms with Gasteiger partial charge in [0.05, 0.1) is 6.07 Å². The number of amides is 1. The van der Waals surface area contributed by atoms with E-state index in [1.165, 1.54) is 4.90 Å². The van der Waals surface area contributed by atoms with Gasteiger partial charge in [-0.05, 0) is 5.56 Å². The predicted molar refractivity (Wildman–Crippen MR) is 52.8 cm³/mol. The number of rotatable bonds is 1. The summed E-state index contributed by atoms with van der Waals surface area (Å²) in [6.45, 7) is 0. The van der Waals surface area contributed by atoms with Crippen LogP contribution in [0.15, 0.2) is 30.3 Å². The molecule has 76 valence electrons. The van der Waals surface area contributed by atoms with Crippen LogP contribution in [0.2, 0.25) is 0 Å². The lowest BCUT2D eigenvalue weighted by Crippen LogP contribution is -2.28. The number of nitriles is 1. The van der Waals surface area contributed by atoms with Crippen molar-refractivity contribution in [3.63, 3.8) is 0 Å². The first kappa shape index (κ1) is 9.53. The SMILES string of the molecule is CN1C(=O)OC(c2ccccc2)C1C#N. The average molecular weight is 202 g/mol. The number of carbonyl (C=O) groups is 1. The van der Waals surface area contributed by atoms with E-state index >= 15 is 0 Å². The van der Waals surface area contributed by atoms with Crippen LogP contribution in [-0.4, -0.2) is 24.1 Å². The molecule has 0 aromatic heterocycles. The van der Waals surface area contributed by atoms with E-state index in [-0.39, 0.29) is 0 Å². The van der Waals surface area contributed by atoms with E-state index in [0.29, 0.717) is 0 Å². The maximum absolute atomic E-state index is 11.3. The zero-order valence-corrected chi connectivity index (χ0v) is 8.25. The monoisotopic (exact) mass is 202 g/mol. The quantitative estimate of drug-likeness (QED) is 0.696. The van der Waals surface area contributed by atoms with Crippen molar-refractivity contribution in [2.45, 2.75) is 12.1 Å². The Morgan fingerprint density at radius 1 is 1.40 bits per heavy atom. The molecule has 1 aromatic rings. The summed E-state index contributed by atoms with van der Waals surface area (Å²) in [5.74, 6) is 0. The van der Waals surface area contributed by atoms with Crippen LogP contribution in [0.1, 0.15) is 11.7 Å². The molecular weight excluding hydrogens is 192 g/mol. The van der Waals surface area contributed by atoms with Crippen molar-refractivity contribution in [1.82, 2.24) is 4.90 Å². The number of cyclic esters (lactones) is 1. The molecule has 4 nitrogen and oxygen atoms in total. The third-order valence-corrected chi connectivity index (χ3v) is 2.48. The summed E-state index contributed by atoms with van der Waals surface area (Å²) in [7, 11) is 1.57. The van der Waals surface area contributed by atoms with Crippen molar-refractivity contribution < 1.29 is 9.53 Å².